The van der Waals surface area contributed by atoms with E-state index in [9.17, 15) is 4.79 Å². The average molecular weight is 336 g/mol. The maximum atomic E-state index is 12.4. The van der Waals surface area contributed by atoms with Crippen LogP contribution in [0.5, 0.6) is 5.75 Å². The van der Waals surface area contributed by atoms with Crippen molar-refractivity contribution in [3.63, 3.8) is 0 Å². The zero-order valence-electron chi connectivity index (χ0n) is 14.8. The molecule has 2 aromatic carbocycles. The van der Waals surface area contributed by atoms with E-state index in [1.165, 1.54) is 0 Å². The highest BCUT2D eigenvalue weighted by Crippen LogP contribution is 2.23. The molecule has 0 unspecified atom stereocenters. The minimum absolute atomic E-state index is 0.348. The fourth-order valence-corrected chi connectivity index (χ4v) is 3.09. The molecular weight excluding hydrogens is 312 g/mol. The minimum atomic E-state index is -0.348. The molecule has 0 spiro atoms. The van der Waals surface area contributed by atoms with E-state index in [0.717, 1.165) is 36.6 Å². The Hall–Kier alpha value is -2.62. The van der Waals surface area contributed by atoms with Crippen LogP contribution in [0.1, 0.15) is 55.9 Å². The number of hydrogen-bond acceptors (Lipinski definition) is 3. The van der Waals surface area contributed by atoms with Gasteiger partial charge >= 0.3 is 5.97 Å². The van der Waals surface area contributed by atoms with Gasteiger partial charge in [0.05, 0.1) is 17.1 Å². The summed E-state index contributed by atoms with van der Waals surface area (Å²) in [6.45, 7) is 4.40. The quantitative estimate of drug-likeness (QED) is 0.429. The predicted molar refractivity (Wildman–Crippen MR) is 100.0 cm³/mol. The zero-order valence-corrected chi connectivity index (χ0v) is 14.8. The van der Waals surface area contributed by atoms with Gasteiger partial charge in [-0.15, -0.1) is 0 Å². The van der Waals surface area contributed by atoms with Crippen LogP contribution in [-0.2, 0) is 0 Å². The largest absolute Gasteiger partial charge is 0.423 e. The number of para-hydroxylation sites is 1. The average Bonchev–Trinajstić information content (AvgIpc) is 3.05. The van der Waals surface area contributed by atoms with E-state index >= 15 is 0 Å². The number of ether oxygens (including phenoxy) is 1. The van der Waals surface area contributed by atoms with Crippen molar-refractivity contribution in [3.05, 3.63) is 60.3 Å². The van der Waals surface area contributed by atoms with Gasteiger partial charge in [-0.25, -0.2) is 4.79 Å². The first-order valence-corrected chi connectivity index (χ1v) is 8.97. The van der Waals surface area contributed by atoms with Gasteiger partial charge in [0.15, 0.2) is 0 Å². The third kappa shape index (κ3) is 4.08. The molecule has 0 saturated carbocycles. The van der Waals surface area contributed by atoms with Gasteiger partial charge in [-0.1, -0.05) is 44.9 Å². The van der Waals surface area contributed by atoms with Gasteiger partial charge in [0.2, 0.25) is 0 Å². The van der Waals surface area contributed by atoms with Gasteiger partial charge in [-0.3, -0.25) is 4.68 Å². The first kappa shape index (κ1) is 17.2. The van der Waals surface area contributed by atoms with Crippen molar-refractivity contribution in [3.8, 4) is 5.75 Å². The van der Waals surface area contributed by atoms with Crippen molar-refractivity contribution < 1.29 is 9.53 Å². The van der Waals surface area contributed by atoms with Gasteiger partial charge in [-0.2, -0.15) is 5.10 Å². The number of aromatic nitrogens is 2. The van der Waals surface area contributed by atoms with Crippen LogP contribution in [0.3, 0.4) is 0 Å². The Balaban J connectivity index is 1.83. The fraction of sp³-hybridized carbons (Fsp3) is 0.333. The number of benzene rings is 2. The lowest BCUT2D eigenvalue weighted by atomic mass is 10.1. The highest BCUT2D eigenvalue weighted by molar-refractivity contribution is 5.95. The van der Waals surface area contributed by atoms with E-state index in [1.807, 2.05) is 36.5 Å². The third-order valence-electron chi connectivity index (χ3n) is 4.33. The lowest BCUT2D eigenvalue weighted by molar-refractivity contribution is 0.0735. The lowest BCUT2D eigenvalue weighted by Crippen LogP contribution is -2.09. The van der Waals surface area contributed by atoms with Crippen molar-refractivity contribution in [2.24, 2.45) is 0 Å². The molecule has 3 rings (SSSR count). The van der Waals surface area contributed by atoms with Gasteiger partial charge in [0, 0.05) is 11.6 Å². The second kappa shape index (κ2) is 7.97. The van der Waals surface area contributed by atoms with Crippen LogP contribution in [0.4, 0.5) is 0 Å². The second-order valence-corrected chi connectivity index (χ2v) is 6.32. The van der Waals surface area contributed by atoms with E-state index in [4.69, 9.17) is 9.84 Å². The molecule has 0 atom stereocenters. The number of carbonyl (C=O) groups excluding carboxylic acids is 1. The van der Waals surface area contributed by atoms with Crippen molar-refractivity contribution in [2.75, 3.05) is 0 Å². The maximum Gasteiger partial charge on any atom is 0.343 e. The first-order chi connectivity index (χ1) is 12.2. The van der Waals surface area contributed by atoms with Crippen molar-refractivity contribution in [2.45, 2.75) is 45.6 Å². The second-order valence-electron chi connectivity index (χ2n) is 6.32. The van der Waals surface area contributed by atoms with E-state index in [1.54, 1.807) is 18.2 Å². The molecule has 25 heavy (non-hydrogen) atoms. The molecule has 0 radical (unpaired) electrons. The van der Waals surface area contributed by atoms with E-state index < -0.39 is 0 Å². The molecule has 0 N–H and O–H groups in total. The van der Waals surface area contributed by atoms with Gasteiger partial charge in [0.1, 0.15) is 5.75 Å². The summed E-state index contributed by atoms with van der Waals surface area (Å²) in [4.78, 5) is 12.4. The zero-order chi connectivity index (χ0) is 17.6. The molecule has 4 heteroatoms. The SMILES string of the molecule is CCCC(CCC)n1cc2cc(C(=O)Oc3ccccc3)ccc2n1. The number of carbonyl (C=O) groups is 1. The molecule has 0 fully saturated rings. The normalized spacial score (nSPS) is 11.2. The molecular formula is C21H24N2O2. The van der Waals surface area contributed by atoms with Crippen LogP contribution in [0, 0.1) is 0 Å². The number of fused-ring (bicyclic) bond motifs is 1. The number of rotatable bonds is 7. The topological polar surface area (TPSA) is 44.1 Å². The van der Waals surface area contributed by atoms with Crippen LogP contribution in [0.15, 0.2) is 54.7 Å². The van der Waals surface area contributed by atoms with E-state index in [0.29, 0.717) is 17.4 Å². The number of esters is 1. The summed E-state index contributed by atoms with van der Waals surface area (Å²) >= 11 is 0. The molecule has 0 aliphatic rings. The van der Waals surface area contributed by atoms with Crippen LogP contribution < -0.4 is 4.74 Å². The molecule has 0 saturated heterocycles. The van der Waals surface area contributed by atoms with Crippen LogP contribution >= 0.6 is 0 Å². The summed E-state index contributed by atoms with van der Waals surface area (Å²) in [6, 6.07) is 15.1. The molecule has 1 heterocycles. The molecule has 0 bridgehead atoms. The van der Waals surface area contributed by atoms with Crippen molar-refractivity contribution in [1.29, 1.82) is 0 Å². The Kier molecular flexibility index (Phi) is 5.49. The standard InChI is InChI=1S/C21H24N2O2/c1-3-8-18(9-4-2)23-15-17-14-16(12-13-20(17)22-23)21(24)25-19-10-6-5-7-11-19/h5-7,10-15,18H,3-4,8-9H2,1-2H3. The molecule has 0 amide bonds. The Morgan fingerprint density at radius 1 is 1.08 bits per heavy atom. The van der Waals surface area contributed by atoms with Crippen molar-refractivity contribution in [1.82, 2.24) is 9.78 Å². The van der Waals surface area contributed by atoms with Gasteiger partial charge in [-0.05, 0) is 43.2 Å². The molecule has 130 valence electrons. The third-order valence-corrected chi connectivity index (χ3v) is 4.33. The summed E-state index contributed by atoms with van der Waals surface area (Å²) in [5.74, 6) is 0.203. The molecule has 0 aliphatic heterocycles. The summed E-state index contributed by atoms with van der Waals surface area (Å²) in [5.41, 5.74) is 1.45. The van der Waals surface area contributed by atoms with Crippen LogP contribution in [0.2, 0.25) is 0 Å². The number of nitrogens with zero attached hydrogens (tertiary/aromatic N) is 2. The van der Waals surface area contributed by atoms with Crippen LogP contribution in [0.25, 0.3) is 10.9 Å². The van der Waals surface area contributed by atoms with E-state index in [2.05, 4.69) is 18.5 Å². The molecule has 1 aromatic heterocycles. The summed E-state index contributed by atoms with van der Waals surface area (Å²) in [7, 11) is 0. The Labute approximate surface area is 148 Å². The van der Waals surface area contributed by atoms with E-state index in [-0.39, 0.29) is 5.97 Å². The maximum absolute atomic E-state index is 12.4. The predicted octanol–water partition coefficient (Wildman–Crippen LogP) is 5.40. The minimum Gasteiger partial charge on any atom is -0.423 e. The van der Waals surface area contributed by atoms with Gasteiger partial charge < -0.3 is 4.74 Å². The van der Waals surface area contributed by atoms with Crippen LogP contribution in [-0.4, -0.2) is 15.7 Å². The molecule has 4 nitrogen and oxygen atoms in total. The highest BCUT2D eigenvalue weighted by Gasteiger charge is 2.14. The molecule has 3 aromatic rings. The van der Waals surface area contributed by atoms with Crippen molar-refractivity contribution >= 4 is 16.9 Å². The Morgan fingerprint density at radius 3 is 2.48 bits per heavy atom. The summed E-state index contributed by atoms with van der Waals surface area (Å²) in [6.07, 6.45) is 6.55. The van der Waals surface area contributed by atoms with Gasteiger partial charge in [0.25, 0.3) is 0 Å². The first-order valence-electron chi connectivity index (χ1n) is 8.97. The lowest BCUT2D eigenvalue weighted by Gasteiger charge is -2.15. The highest BCUT2D eigenvalue weighted by atomic mass is 16.5. The summed E-state index contributed by atoms with van der Waals surface area (Å²) in [5, 5.41) is 5.67. The Morgan fingerprint density at radius 2 is 1.80 bits per heavy atom. The summed E-state index contributed by atoms with van der Waals surface area (Å²) < 4.78 is 7.47. The monoisotopic (exact) mass is 336 g/mol. The Bertz CT molecular complexity index is 833. The number of hydrogen-bond donors (Lipinski definition) is 0. The smallest absolute Gasteiger partial charge is 0.343 e. The fourth-order valence-electron chi connectivity index (χ4n) is 3.09. The molecule has 0 aliphatic carbocycles.